The maximum absolute atomic E-state index is 9.94. The summed E-state index contributed by atoms with van der Waals surface area (Å²) in [6.45, 7) is 5.81. The zero-order valence-corrected chi connectivity index (χ0v) is 11.5. The Morgan fingerprint density at radius 1 is 1.32 bits per heavy atom. The highest BCUT2D eigenvalue weighted by molar-refractivity contribution is 5.36. The first-order chi connectivity index (χ1) is 9.00. The fourth-order valence-corrected chi connectivity index (χ4v) is 1.95. The molecule has 1 aliphatic heterocycles. The van der Waals surface area contributed by atoms with Crippen LogP contribution >= 0.6 is 0 Å². The van der Waals surface area contributed by atoms with Crippen molar-refractivity contribution >= 4 is 11.9 Å². The van der Waals surface area contributed by atoms with E-state index >= 15 is 0 Å². The second kappa shape index (κ2) is 5.56. The van der Waals surface area contributed by atoms with E-state index in [1.54, 1.807) is 0 Å². The van der Waals surface area contributed by atoms with Crippen LogP contribution in [0.5, 0.6) is 6.01 Å². The summed E-state index contributed by atoms with van der Waals surface area (Å²) in [4.78, 5) is 14.3. The van der Waals surface area contributed by atoms with Crippen LogP contribution in [0.2, 0.25) is 0 Å². The van der Waals surface area contributed by atoms with Crippen molar-refractivity contribution in [1.29, 1.82) is 0 Å². The average Bonchev–Trinajstić information content (AvgIpc) is 2.35. The smallest absolute Gasteiger partial charge is 0.323 e. The van der Waals surface area contributed by atoms with Crippen LogP contribution in [0.25, 0.3) is 0 Å². The van der Waals surface area contributed by atoms with E-state index in [-0.39, 0.29) is 12.0 Å². The van der Waals surface area contributed by atoms with Gasteiger partial charge >= 0.3 is 6.01 Å². The van der Waals surface area contributed by atoms with E-state index in [2.05, 4.69) is 15.0 Å². The van der Waals surface area contributed by atoms with Gasteiger partial charge in [-0.25, -0.2) is 0 Å². The molecule has 0 aliphatic carbocycles. The quantitative estimate of drug-likeness (QED) is 0.824. The molecule has 1 aromatic heterocycles. The molecule has 2 rings (SSSR count). The Balaban J connectivity index is 2.09. The number of aliphatic hydroxyl groups is 1. The lowest BCUT2D eigenvalue weighted by Crippen LogP contribution is -2.43. The molecule has 7 heteroatoms. The molecule has 7 nitrogen and oxygen atoms in total. The van der Waals surface area contributed by atoms with E-state index in [0.717, 1.165) is 6.42 Å². The minimum Gasteiger partial charge on any atom is -0.463 e. The zero-order valence-electron chi connectivity index (χ0n) is 11.5. The van der Waals surface area contributed by atoms with Crippen molar-refractivity contribution in [1.82, 2.24) is 15.0 Å². The van der Waals surface area contributed by atoms with Crippen molar-refractivity contribution in [3.8, 4) is 6.01 Å². The van der Waals surface area contributed by atoms with Crippen LogP contribution < -0.4 is 15.4 Å². The third-order valence-electron chi connectivity index (χ3n) is 3.18. The van der Waals surface area contributed by atoms with Gasteiger partial charge in [-0.05, 0) is 26.2 Å². The molecule has 0 spiro atoms. The first-order valence-electron chi connectivity index (χ1n) is 6.62. The Bertz CT molecular complexity index is 428. The number of hydrogen-bond acceptors (Lipinski definition) is 7. The monoisotopic (exact) mass is 267 g/mol. The lowest BCUT2D eigenvalue weighted by atomic mass is 9.94. The van der Waals surface area contributed by atoms with Crippen LogP contribution in [-0.2, 0) is 0 Å². The number of anilines is 2. The summed E-state index contributed by atoms with van der Waals surface area (Å²) in [6.07, 6.45) is 2.25. The van der Waals surface area contributed by atoms with Crippen LogP contribution in [0.4, 0.5) is 11.9 Å². The van der Waals surface area contributed by atoms with Gasteiger partial charge in [0.15, 0.2) is 0 Å². The largest absolute Gasteiger partial charge is 0.463 e. The molecule has 2 heterocycles. The van der Waals surface area contributed by atoms with Gasteiger partial charge in [-0.2, -0.15) is 15.0 Å². The third-order valence-corrected chi connectivity index (χ3v) is 3.18. The van der Waals surface area contributed by atoms with Crippen LogP contribution in [0.3, 0.4) is 0 Å². The number of nitrogens with two attached hydrogens (primary N) is 1. The molecule has 1 aliphatic rings. The molecule has 0 bridgehead atoms. The molecular weight excluding hydrogens is 246 g/mol. The molecule has 1 aromatic rings. The summed E-state index contributed by atoms with van der Waals surface area (Å²) in [5.74, 6) is 0.683. The van der Waals surface area contributed by atoms with Crippen molar-refractivity contribution in [3.05, 3.63) is 0 Å². The van der Waals surface area contributed by atoms with Gasteiger partial charge in [0, 0.05) is 13.1 Å². The fourth-order valence-electron chi connectivity index (χ4n) is 1.95. The summed E-state index contributed by atoms with van der Waals surface area (Å²) in [6, 6.07) is 0.265. The number of piperidine rings is 1. The van der Waals surface area contributed by atoms with Gasteiger partial charge < -0.3 is 20.5 Å². The molecule has 0 radical (unpaired) electrons. The number of hydrogen-bond donors (Lipinski definition) is 2. The maximum Gasteiger partial charge on any atom is 0.323 e. The van der Waals surface area contributed by atoms with E-state index in [9.17, 15) is 5.11 Å². The van der Waals surface area contributed by atoms with E-state index in [1.165, 1.54) is 0 Å². The first kappa shape index (κ1) is 13.8. The normalized spacial score (nSPS) is 18.4. The minimum absolute atomic E-state index is 0.161. The molecule has 0 aromatic carbocycles. The van der Waals surface area contributed by atoms with E-state index in [0.29, 0.717) is 38.5 Å². The van der Waals surface area contributed by atoms with E-state index in [1.807, 2.05) is 18.7 Å². The van der Waals surface area contributed by atoms with Crippen molar-refractivity contribution in [2.45, 2.75) is 38.7 Å². The lowest BCUT2D eigenvalue weighted by molar-refractivity contribution is 0.0348. The van der Waals surface area contributed by atoms with E-state index in [4.69, 9.17) is 10.5 Å². The first-order valence-corrected chi connectivity index (χ1v) is 6.62. The molecule has 0 atom stereocenters. The Kier molecular flexibility index (Phi) is 4.04. The van der Waals surface area contributed by atoms with Crippen molar-refractivity contribution in [3.63, 3.8) is 0 Å². The summed E-state index contributed by atoms with van der Waals surface area (Å²) in [7, 11) is 0. The minimum atomic E-state index is -0.601. The zero-order chi connectivity index (χ0) is 13.9. The second-order valence-corrected chi connectivity index (χ2v) is 5.11. The summed E-state index contributed by atoms with van der Waals surface area (Å²) in [5, 5.41) is 9.94. The molecule has 1 saturated heterocycles. The van der Waals surface area contributed by atoms with Crippen LogP contribution in [0, 0.1) is 0 Å². The third kappa shape index (κ3) is 3.66. The SMILES string of the molecule is CCCOc1nc(N)nc(N2CCC(C)(O)CC2)n1. The van der Waals surface area contributed by atoms with Gasteiger partial charge in [0.25, 0.3) is 0 Å². The molecule has 0 unspecified atom stereocenters. The summed E-state index contributed by atoms with van der Waals surface area (Å²) in [5.41, 5.74) is 5.07. The number of rotatable bonds is 4. The van der Waals surface area contributed by atoms with Crippen LogP contribution in [0.1, 0.15) is 33.1 Å². The van der Waals surface area contributed by atoms with Gasteiger partial charge in [0.05, 0.1) is 12.2 Å². The number of nitrogens with zero attached hydrogens (tertiary/aromatic N) is 4. The molecule has 0 amide bonds. The van der Waals surface area contributed by atoms with Crippen molar-refractivity contribution < 1.29 is 9.84 Å². The summed E-state index contributed by atoms with van der Waals surface area (Å²) >= 11 is 0. The number of ether oxygens (including phenoxy) is 1. The Morgan fingerprint density at radius 2 is 2.00 bits per heavy atom. The lowest BCUT2D eigenvalue weighted by Gasteiger charge is -2.35. The maximum atomic E-state index is 9.94. The summed E-state index contributed by atoms with van der Waals surface area (Å²) < 4.78 is 5.39. The molecule has 19 heavy (non-hydrogen) atoms. The van der Waals surface area contributed by atoms with Crippen molar-refractivity contribution in [2.24, 2.45) is 0 Å². The van der Waals surface area contributed by atoms with Gasteiger partial charge in [0.1, 0.15) is 0 Å². The average molecular weight is 267 g/mol. The molecular formula is C12H21N5O2. The number of aromatic nitrogens is 3. The molecule has 106 valence electrons. The number of nitrogen functional groups attached to an aromatic ring is 1. The molecule has 3 N–H and O–H groups in total. The van der Waals surface area contributed by atoms with Gasteiger partial charge in [-0.1, -0.05) is 6.92 Å². The van der Waals surface area contributed by atoms with E-state index < -0.39 is 5.60 Å². The Labute approximate surface area is 112 Å². The highest BCUT2D eigenvalue weighted by Crippen LogP contribution is 2.24. The molecule has 0 saturated carbocycles. The second-order valence-electron chi connectivity index (χ2n) is 5.11. The Morgan fingerprint density at radius 3 is 2.63 bits per heavy atom. The standard InChI is InChI=1S/C12H21N5O2/c1-3-8-19-11-15-9(13)14-10(16-11)17-6-4-12(2,18)5-7-17/h18H,3-8H2,1-2H3,(H2,13,14,15,16). The predicted molar refractivity (Wildman–Crippen MR) is 72.1 cm³/mol. The fraction of sp³-hybridized carbons (Fsp3) is 0.750. The van der Waals surface area contributed by atoms with Crippen LogP contribution in [-0.4, -0.2) is 45.4 Å². The highest BCUT2D eigenvalue weighted by atomic mass is 16.5. The van der Waals surface area contributed by atoms with Crippen LogP contribution in [0.15, 0.2) is 0 Å². The van der Waals surface area contributed by atoms with Crippen molar-refractivity contribution in [2.75, 3.05) is 30.3 Å². The van der Waals surface area contributed by atoms with Gasteiger partial charge in [0.2, 0.25) is 11.9 Å². The Hall–Kier alpha value is -1.63. The molecule has 1 fully saturated rings. The van der Waals surface area contributed by atoms with Gasteiger partial charge in [-0.15, -0.1) is 0 Å². The predicted octanol–water partition coefficient (Wildman–Crippen LogP) is 0.594. The highest BCUT2D eigenvalue weighted by Gasteiger charge is 2.28. The topological polar surface area (TPSA) is 97.4 Å². The van der Waals surface area contributed by atoms with Gasteiger partial charge in [-0.3, -0.25) is 0 Å².